The van der Waals surface area contributed by atoms with Crippen molar-refractivity contribution >= 4 is 33.2 Å². The summed E-state index contributed by atoms with van der Waals surface area (Å²) in [7, 11) is -3.31. The normalized spacial score (nSPS) is 20.6. The van der Waals surface area contributed by atoms with Gasteiger partial charge < -0.3 is 11.1 Å². The molecule has 0 radical (unpaired) electrons. The number of hydrogen-bond acceptors (Lipinski definition) is 5. The van der Waals surface area contributed by atoms with E-state index in [0.717, 1.165) is 24.9 Å². The summed E-state index contributed by atoms with van der Waals surface area (Å²) in [6, 6.07) is 13.9. The van der Waals surface area contributed by atoms with Gasteiger partial charge >= 0.3 is 0 Å². The molecule has 0 spiro atoms. The summed E-state index contributed by atoms with van der Waals surface area (Å²) in [6.07, 6.45) is 2.29. The van der Waals surface area contributed by atoms with Gasteiger partial charge in [0.05, 0.1) is 17.5 Å². The molecule has 31 heavy (non-hydrogen) atoms. The number of nitrogens with one attached hydrogen (secondary N) is 1. The maximum atomic E-state index is 12.8. The van der Waals surface area contributed by atoms with E-state index < -0.39 is 10.0 Å². The van der Waals surface area contributed by atoms with Gasteiger partial charge in [0.1, 0.15) is 0 Å². The monoisotopic (exact) mass is 442 g/mol. The Hall–Kier alpha value is -2.91. The fourth-order valence-electron chi connectivity index (χ4n) is 4.25. The first-order valence-electron chi connectivity index (χ1n) is 10.4. The highest BCUT2D eigenvalue weighted by Gasteiger charge is 2.29. The predicted molar refractivity (Wildman–Crippen MR) is 119 cm³/mol. The number of primary amides is 1. The minimum absolute atomic E-state index is 0.129. The van der Waals surface area contributed by atoms with Gasteiger partial charge in [-0.15, -0.1) is 0 Å². The van der Waals surface area contributed by atoms with Crippen molar-refractivity contribution in [2.75, 3.05) is 28.5 Å². The van der Waals surface area contributed by atoms with Gasteiger partial charge in [0.25, 0.3) is 5.91 Å². The van der Waals surface area contributed by atoms with Crippen LogP contribution in [0, 0.1) is 0 Å². The van der Waals surface area contributed by atoms with Crippen molar-refractivity contribution in [1.29, 1.82) is 0 Å². The summed E-state index contributed by atoms with van der Waals surface area (Å²) in [5.74, 6) is -0.488. The van der Waals surface area contributed by atoms with E-state index in [-0.39, 0.29) is 23.6 Å². The highest BCUT2D eigenvalue weighted by Crippen LogP contribution is 2.25. The first kappa shape index (κ1) is 21.3. The number of hydrogen-bond donors (Lipinski definition) is 2. The Balaban J connectivity index is 1.46. The zero-order chi connectivity index (χ0) is 22.0. The van der Waals surface area contributed by atoms with Crippen molar-refractivity contribution in [3.05, 3.63) is 59.7 Å². The van der Waals surface area contributed by atoms with Crippen LogP contribution in [0.15, 0.2) is 48.5 Å². The van der Waals surface area contributed by atoms with Crippen molar-refractivity contribution in [2.24, 2.45) is 5.73 Å². The molecule has 3 N–H and O–H groups in total. The van der Waals surface area contributed by atoms with E-state index in [4.69, 9.17) is 5.73 Å². The van der Waals surface area contributed by atoms with Gasteiger partial charge in [0, 0.05) is 24.3 Å². The van der Waals surface area contributed by atoms with Crippen molar-refractivity contribution in [2.45, 2.75) is 31.8 Å². The number of benzene rings is 2. The standard InChI is InChI=1S/C22H26N4O4S/c23-21(27)20-9-3-10-25(20)15-16-5-1-7-18(13-16)24-22(28)17-6-2-8-19(14-17)26-11-4-12-31(26,29)30/h1-2,5-8,13-14,20H,3-4,9-12,15H2,(H2,23,27)(H,24,28). The van der Waals surface area contributed by atoms with Gasteiger partial charge in [-0.05, 0) is 61.7 Å². The van der Waals surface area contributed by atoms with Crippen LogP contribution in [0.1, 0.15) is 35.2 Å². The van der Waals surface area contributed by atoms with E-state index in [2.05, 4.69) is 10.2 Å². The Bertz CT molecular complexity index is 1100. The molecule has 164 valence electrons. The van der Waals surface area contributed by atoms with Crippen LogP contribution in [0.3, 0.4) is 0 Å². The molecular formula is C22H26N4O4S. The molecule has 0 saturated carbocycles. The van der Waals surface area contributed by atoms with Gasteiger partial charge in [-0.25, -0.2) is 8.42 Å². The van der Waals surface area contributed by atoms with Crippen LogP contribution < -0.4 is 15.4 Å². The van der Waals surface area contributed by atoms with Crippen LogP contribution in [0.2, 0.25) is 0 Å². The second-order valence-electron chi connectivity index (χ2n) is 7.98. The van der Waals surface area contributed by atoms with E-state index in [9.17, 15) is 18.0 Å². The number of anilines is 2. The van der Waals surface area contributed by atoms with Gasteiger partial charge in [-0.2, -0.15) is 0 Å². The van der Waals surface area contributed by atoms with Gasteiger partial charge in [-0.3, -0.25) is 18.8 Å². The van der Waals surface area contributed by atoms with Crippen LogP contribution in [0.4, 0.5) is 11.4 Å². The molecule has 8 nitrogen and oxygen atoms in total. The number of amides is 2. The van der Waals surface area contributed by atoms with Crippen molar-refractivity contribution in [3.63, 3.8) is 0 Å². The third-order valence-electron chi connectivity index (χ3n) is 5.76. The maximum absolute atomic E-state index is 12.8. The molecule has 2 amide bonds. The van der Waals surface area contributed by atoms with Crippen LogP contribution in [0.5, 0.6) is 0 Å². The largest absolute Gasteiger partial charge is 0.368 e. The summed E-state index contributed by atoms with van der Waals surface area (Å²) in [5.41, 5.74) is 8.00. The lowest BCUT2D eigenvalue weighted by Gasteiger charge is -2.22. The zero-order valence-electron chi connectivity index (χ0n) is 17.2. The predicted octanol–water partition coefficient (Wildman–Crippen LogP) is 1.93. The molecule has 2 fully saturated rings. The number of likely N-dealkylation sites (tertiary alicyclic amines) is 1. The Labute approximate surface area is 182 Å². The molecule has 1 unspecified atom stereocenters. The minimum Gasteiger partial charge on any atom is -0.368 e. The minimum atomic E-state index is -3.31. The fraction of sp³-hybridized carbons (Fsp3) is 0.364. The van der Waals surface area contributed by atoms with Crippen LogP contribution in [-0.2, 0) is 21.4 Å². The summed E-state index contributed by atoms with van der Waals surface area (Å²) in [5, 5.41) is 2.88. The topological polar surface area (TPSA) is 113 Å². The molecule has 4 rings (SSSR count). The fourth-order valence-corrected chi connectivity index (χ4v) is 5.81. The smallest absolute Gasteiger partial charge is 0.255 e. The summed E-state index contributed by atoms with van der Waals surface area (Å²) < 4.78 is 25.7. The summed E-state index contributed by atoms with van der Waals surface area (Å²) in [6.45, 7) is 1.83. The lowest BCUT2D eigenvalue weighted by molar-refractivity contribution is -0.122. The molecule has 9 heteroatoms. The molecule has 2 aliphatic heterocycles. The average Bonchev–Trinajstić information content (AvgIpc) is 3.34. The van der Waals surface area contributed by atoms with Gasteiger partial charge in [0.15, 0.2) is 0 Å². The van der Waals surface area contributed by atoms with Crippen molar-refractivity contribution < 1.29 is 18.0 Å². The first-order valence-corrected chi connectivity index (χ1v) is 12.0. The van der Waals surface area contributed by atoms with Crippen LogP contribution in [-0.4, -0.2) is 50.0 Å². The molecule has 1 atom stereocenters. The van der Waals surface area contributed by atoms with E-state index in [1.54, 1.807) is 30.3 Å². The Morgan fingerprint density at radius 2 is 1.87 bits per heavy atom. The zero-order valence-corrected chi connectivity index (χ0v) is 18.0. The second kappa shape index (κ2) is 8.68. The molecule has 0 aromatic heterocycles. The van der Waals surface area contributed by atoms with Crippen molar-refractivity contribution in [1.82, 2.24) is 4.90 Å². The summed E-state index contributed by atoms with van der Waals surface area (Å²) in [4.78, 5) is 26.5. The van der Waals surface area contributed by atoms with Crippen LogP contribution >= 0.6 is 0 Å². The third kappa shape index (κ3) is 4.72. The molecule has 0 bridgehead atoms. The Kier molecular flexibility index (Phi) is 5.97. The molecule has 0 aliphatic carbocycles. The molecule has 2 saturated heterocycles. The second-order valence-corrected chi connectivity index (χ2v) is 9.99. The van der Waals surface area contributed by atoms with Gasteiger partial charge in [-0.1, -0.05) is 18.2 Å². The number of sulfonamides is 1. The molecular weight excluding hydrogens is 416 g/mol. The molecule has 2 heterocycles. The highest BCUT2D eigenvalue weighted by molar-refractivity contribution is 7.93. The van der Waals surface area contributed by atoms with Crippen molar-refractivity contribution in [3.8, 4) is 0 Å². The number of carbonyl (C=O) groups is 2. The SMILES string of the molecule is NC(=O)C1CCCN1Cc1cccc(NC(=O)c2cccc(N3CCCS3(=O)=O)c2)c1. The van der Waals surface area contributed by atoms with E-state index >= 15 is 0 Å². The van der Waals surface area contributed by atoms with E-state index in [0.29, 0.717) is 36.4 Å². The lowest BCUT2D eigenvalue weighted by atomic mass is 10.1. The number of nitrogens with two attached hydrogens (primary N) is 1. The highest BCUT2D eigenvalue weighted by atomic mass is 32.2. The number of carbonyl (C=O) groups excluding carboxylic acids is 2. The average molecular weight is 443 g/mol. The molecule has 2 aromatic rings. The summed E-state index contributed by atoms with van der Waals surface area (Å²) >= 11 is 0. The number of nitrogens with zero attached hydrogens (tertiary/aromatic N) is 2. The molecule has 2 aliphatic rings. The van der Waals surface area contributed by atoms with E-state index in [1.165, 1.54) is 4.31 Å². The molecule has 2 aromatic carbocycles. The lowest BCUT2D eigenvalue weighted by Crippen LogP contribution is -2.39. The maximum Gasteiger partial charge on any atom is 0.255 e. The van der Waals surface area contributed by atoms with Crippen LogP contribution in [0.25, 0.3) is 0 Å². The van der Waals surface area contributed by atoms with E-state index in [1.807, 2.05) is 18.2 Å². The quantitative estimate of drug-likeness (QED) is 0.710. The third-order valence-corrected chi connectivity index (χ3v) is 7.63. The number of rotatable bonds is 6. The van der Waals surface area contributed by atoms with Gasteiger partial charge in [0.2, 0.25) is 15.9 Å². The Morgan fingerprint density at radius 3 is 2.61 bits per heavy atom. The Morgan fingerprint density at radius 1 is 1.06 bits per heavy atom. The first-order chi connectivity index (χ1) is 14.8.